The molecule has 1 aliphatic carbocycles. The van der Waals surface area contributed by atoms with Crippen LogP contribution in [0.4, 0.5) is 23.7 Å². The summed E-state index contributed by atoms with van der Waals surface area (Å²) in [5, 5.41) is 5.02. The second-order valence-electron chi connectivity index (χ2n) is 8.37. The molecule has 186 valence electrons. The van der Waals surface area contributed by atoms with E-state index in [1.807, 2.05) is 6.92 Å². The van der Waals surface area contributed by atoms with Crippen molar-refractivity contribution >= 4 is 23.5 Å². The first-order valence-corrected chi connectivity index (χ1v) is 11.2. The number of hydrogen-bond acceptors (Lipinski definition) is 5. The summed E-state index contributed by atoms with van der Waals surface area (Å²) in [5.41, 5.74) is -2.23. The highest BCUT2D eigenvalue weighted by molar-refractivity contribution is 6.10. The van der Waals surface area contributed by atoms with Crippen LogP contribution >= 0.6 is 0 Å². The Hall–Kier alpha value is -3.76. The number of ether oxygens (including phenoxy) is 2. The zero-order valence-electron chi connectivity index (χ0n) is 18.9. The van der Waals surface area contributed by atoms with E-state index in [4.69, 9.17) is 9.47 Å². The number of carbonyl (C=O) groups excluding carboxylic acids is 3. The number of imide groups is 1. The van der Waals surface area contributed by atoms with Crippen molar-refractivity contribution in [3.8, 4) is 17.2 Å². The lowest BCUT2D eigenvalue weighted by Crippen LogP contribution is -2.44. The number of amides is 4. The molecule has 2 aromatic carbocycles. The Balaban J connectivity index is 1.53. The summed E-state index contributed by atoms with van der Waals surface area (Å²) < 4.78 is 51.0. The normalized spacial score (nSPS) is 17.0. The topological polar surface area (TPSA) is 97.0 Å². The van der Waals surface area contributed by atoms with Gasteiger partial charge in [0.1, 0.15) is 23.6 Å². The summed E-state index contributed by atoms with van der Waals surface area (Å²) in [4.78, 5) is 38.6. The molecule has 0 atom stereocenters. The van der Waals surface area contributed by atoms with Gasteiger partial charge in [0.15, 0.2) is 5.75 Å². The highest BCUT2D eigenvalue weighted by Gasteiger charge is 2.52. The van der Waals surface area contributed by atoms with Crippen molar-refractivity contribution < 1.29 is 37.0 Å². The molecular weight excluding hydrogens is 467 g/mol. The number of rotatable bonds is 7. The van der Waals surface area contributed by atoms with Crippen LogP contribution in [-0.4, -0.2) is 41.4 Å². The first-order chi connectivity index (χ1) is 16.6. The fraction of sp³-hybridized carbons (Fsp3) is 0.375. The van der Waals surface area contributed by atoms with Crippen molar-refractivity contribution in [2.24, 2.45) is 0 Å². The van der Waals surface area contributed by atoms with Gasteiger partial charge in [-0.1, -0.05) is 12.8 Å². The summed E-state index contributed by atoms with van der Waals surface area (Å²) >= 11 is 0. The molecule has 1 spiro atoms. The first kappa shape index (κ1) is 24.4. The van der Waals surface area contributed by atoms with E-state index in [1.54, 1.807) is 24.3 Å². The maximum absolute atomic E-state index is 13.3. The molecule has 2 fully saturated rings. The average Bonchev–Trinajstić information content (AvgIpc) is 3.36. The zero-order valence-corrected chi connectivity index (χ0v) is 18.9. The molecule has 4 amide bonds. The molecule has 2 aliphatic rings. The quantitative estimate of drug-likeness (QED) is 0.548. The summed E-state index contributed by atoms with van der Waals surface area (Å²) in [5.74, 6) is -0.472. The molecule has 4 rings (SSSR count). The molecule has 2 aromatic rings. The van der Waals surface area contributed by atoms with Crippen LogP contribution in [-0.2, 0) is 15.8 Å². The van der Waals surface area contributed by atoms with Gasteiger partial charge in [-0.25, -0.2) is 4.79 Å². The zero-order chi connectivity index (χ0) is 25.2. The summed E-state index contributed by atoms with van der Waals surface area (Å²) in [6, 6.07) is 8.39. The summed E-state index contributed by atoms with van der Waals surface area (Å²) in [6.45, 7) is 1.66. The Morgan fingerprint density at radius 1 is 1.09 bits per heavy atom. The Bertz CT molecular complexity index is 1130. The van der Waals surface area contributed by atoms with Crippen molar-refractivity contribution in [3.63, 3.8) is 0 Å². The van der Waals surface area contributed by atoms with E-state index in [9.17, 15) is 27.6 Å². The highest BCUT2D eigenvalue weighted by atomic mass is 19.4. The molecule has 35 heavy (non-hydrogen) atoms. The third-order valence-corrected chi connectivity index (χ3v) is 5.95. The van der Waals surface area contributed by atoms with Gasteiger partial charge in [0.05, 0.1) is 17.9 Å². The third-order valence-electron chi connectivity index (χ3n) is 5.95. The highest BCUT2D eigenvalue weighted by Crippen LogP contribution is 2.38. The predicted octanol–water partition coefficient (Wildman–Crippen LogP) is 4.70. The van der Waals surface area contributed by atoms with E-state index >= 15 is 0 Å². The van der Waals surface area contributed by atoms with Crippen LogP contribution in [0.15, 0.2) is 42.5 Å². The maximum Gasteiger partial charge on any atom is 0.416 e. The second kappa shape index (κ2) is 9.47. The molecule has 0 radical (unpaired) electrons. The fourth-order valence-electron chi connectivity index (χ4n) is 4.26. The number of carbonyl (C=O) groups is 3. The lowest BCUT2D eigenvalue weighted by atomic mass is 9.98. The van der Waals surface area contributed by atoms with Crippen LogP contribution in [0.2, 0.25) is 0 Å². The van der Waals surface area contributed by atoms with Crippen LogP contribution in [0.3, 0.4) is 0 Å². The summed E-state index contributed by atoms with van der Waals surface area (Å²) in [7, 11) is 0. The number of alkyl halides is 3. The van der Waals surface area contributed by atoms with Crippen molar-refractivity contribution in [1.82, 2.24) is 10.2 Å². The lowest BCUT2D eigenvalue weighted by Gasteiger charge is -2.20. The van der Waals surface area contributed by atoms with Crippen LogP contribution in [0.1, 0.15) is 38.2 Å². The van der Waals surface area contributed by atoms with E-state index in [0.29, 0.717) is 30.9 Å². The van der Waals surface area contributed by atoms with Gasteiger partial charge >= 0.3 is 12.2 Å². The number of nitrogens with zero attached hydrogens (tertiary/aromatic N) is 1. The monoisotopic (exact) mass is 491 g/mol. The van der Waals surface area contributed by atoms with E-state index in [0.717, 1.165) is 35.9 Å². The minimum Gasteiger partial charge on any atom is -0.494 e. The number of hydrogen-bond donors (Lipinski definition) is 2. The molecule has 1 saturated carbocycles. The van der Waals surface area contributed by atoms with Gasteiger partial charge in [-0.3, -0.25) is 14.5 Å². The van der Waals surface area contributed by atoms with Gasteiger partial charge in [0, 0.05) is 0 Å². The van der Waals surface area contributed by atoms with E-state index < -0.39 is 41.7 Å². The molecule has 11 heteroatoms. The average molecular weight is 491 g/mol. The Kier molecular flexibility index (Phi) is 6.60. The molecular formula is C24H24F3N3O5. The lowest BCUT2D eigenvalue weighted by molar-refractivity contribution is -0.137. The Labute approximate surface area is 199 Å². The SMILES string of the molecule is CCOc1ccc(Oc2ccc(C(F)(F)F)cc2NC(=O)CN2C(=O)NC3(CCCC3)C2=O)cc1. The van der Waals surface area contributed by atoms with Gasteiger partial charge in [0.2, 0.25) is 5.91 Å². The van der Waals surface area contributed by atoms with Crippen molar-refractivity contribution in [1.29, 1.82) is 0 Å². The second-order valence-corrected chi connectivity index (χ2v) is 8.37. The fourth-order valence-corrected chi connectivity index (χ4v) is 4.26. The Morgan fingerprint density at radius 2 is 1.74 bits per heavy atom. The molecule has 1 aliphatic heterocycles. The summed E-state index contributed by atoms with van der Waals surface area (Å²) in [6.07, 6.45) is -2.12. The number of halogens is 3. The number of nitrogens with one attached hydrogen (secondary N) is 2. The van der Waals surface area contributed by atoms with Crippen LogP contribution < -0.4 is 20.1 Å². The van der Waals surface area contributed by atoms with E-state index in [-0.39, 0.29) is 11.4 Å². The van der Waals surface area contributed by atoms with Gasteiger partial charge < -0.3 is 20.1 Å². The minimum atomic E-state index is -4.66. The number of anilines is 1. The minimum absolute atomic E-state index is 0.0417. The van der Waals surface area contributed by atoms with Crippen LogP contribution in [0.25, 0.3) is 0 Å². The molecule has 1 heterocycles. The van der Waals surface area contributed by atoms with Gasteiger partial charge in [-0.05, 0) is 62.2 Å². The van der Waals surface area contributed by atoms with Crippen molar-refractivity contribution in [2.45, 2.75) is 44.3 Å². The molecule has 0 unspecified atom stereocenters. The van der Waals surface area contributed by atoms with Gasteiger partial charge in [-0.2, -0.15) is 13.2 Å². The number of urea groups is 1. The Morgan fingerprint density at radius 3 is 2.37 bits per heavy atom. The first-order valence-electron chi connectivity index (χ1n) is 11.2. The van der Waals surface area contributed by atoms with Gasteiger partial charge in [-0.15, -0.1) is 0 Å². The molecule has 8 nitrogen and oxygen atoms in total. The van der Waals surface area contributed by atoms with E-state index in [1.165, 1.54) is 0 Å². The van der Waals surface area contributed by atoms with E-state index in [2.05, 4.69) is 10.6 Å². The molecule has 0 aromatic heterocycles. The van der Waals surface area contributed by atoms with Gasteiger partial charge in [0.25, 0.3) is 5.91 Å². The van der Waals surface area contributed by atoms with Crippen molar-refractivity contribution in [3.05, 3.63) is 48.0 Å². The molecule has 1 saturated heterocycles. The third kappa shape index (κ3) is 5.18. The molecule has 2 N–H and O–H groups in total. The van der Waals surface area contributed by atoms with Crippen LogP contribution in [0, 0.1) is 0 Å². The molecule has 0 bridgehead atoms. The number of benzene rings is 2. The standard InChI is InChI=1S/C24H24F3N3O5/c1-2-34-16-6-8-17(9-7-16)35-19-10-5-15(24(25,26)27)13-18(19)28-20(31)14-30-21(32)23(29-22(30)33)11-3-4-12-23/h5-10,13H,2-4,11-12,14H2,1H3,(H,28,31)(H,29,33). The smallest absolute Gasteiger partial charge is 0.416 e. The largest absolute Gasteiger partial charge is 0.494 e. The van der Waals surface area contributed by atoms with Crippen molar-refractivity contribution in [2.75, 3.05) is 18.5 Å². The maximum atomic E-state index is 13.3. The van der Waals surface area contributed by atoms with Crippen LogP contribution in [0.5, 0.6) is 17.2 Å². The predicted molar refractivity (Wildman–Crippen MR) is 119 cm³/mol.